The first-order valence-corrected chi connectivity index (χ1v) is 6.26. The first-order chi connectivity index (χ1) is 7.24. The fourth-order valence-electron chi connectivity index (χ4n) is 0.926. The van der Waals surface area contributed by atoms with Crippen molar-refractivity contribution in [3.63, 3.8) is 0 Å². The molecular weight excluding hydrogens is 202 g/mol. The van der Waals surface area contributed by atoms with Crippen molar-refractivity contribution in [1.82, 2.24) is 0 Å². The molecule has 1 nitrogen and oxygen atoms in total. The highest BCUT2D eigenvalue weighted by atomic mass is 32.2. The Balaban J connectivity index is 4.19. The van der Waals surface area contributed by atoms with Gasteiger partial charge in [-0.05, 0) is 36.7 Å². The summed E-state index contributed by atoms with van der Waals surface area (Å²) >= 11 is 1.70. The molecule has 2 heteroatoms. The minimum atomic E-state index is 0.548. The first kappa shape index (κ1) is 14.0. The highest BCUT2D eigenvalue weighted by Crippen LogP contribution is 2.14. The van der Waals surface area contributed by atoms with Crippen molar-refractivity contribution in [3.05, 3.63) is 47.4 Å². The molecule has 0 aromatic carbocycles. The summed E-state index contributed by atoms with van der Waals surface area (Å²) in [6.07, 6.45) is 16.4. The molecule has 0 aliphatic rings. The molecule has 0 bridgehead atoms. The van der Waals surface area contributed by atoms with Crippen LogP contribution in [0, 0.1) is 5.41 Å². The van der Waals surface area contributed by atoms with Gasteiger partial charge < -0.3 is 5.41 Å². The summed E-state index contributed by atoms with van der Waals surface area (Å²) in [6, 6.07) is 0. The lowest BCUT2D eigenvalue weighted by Crippen LogP contribution is -1.85. The van der Waals surface area contributed by atoms with E-state index in [1.165, 1.54) is 4.91 Å². The molecule has 0 aromatic heterocycles. The summed E-state index contributed by atoms with van der Waals surface area (Å²) in [5.74, 6) is 0. The van der Waals surface area contributed by atoms with Crippen molar-refractivity contribution in [2.24, 2.45) is 0 Å². The Morgan fingerprint density at radius 2 is 1.87 bits per heavy atom. The maximum absolute atomic E-state index is 7.68. The van der Waals surface area contributed by atoms with Gasteiger partial charge in [-0.3, -0.25) is 0 Å². The van der Waals surface area contributed by atoms with Gasteiger partial charge in [-0.25, -0.2) is 0 Å². The molecule has 82 valence electrons. The zero-order valence-corrected chi connectivity index (χ0v) is 10.5. The molecule has 15 heavy (non-hydrogen) atoms. The van der Waals surface area contributed by atoms with E-state index in [-0.39, 0.29) is 0 Å². The fourth-order valence-corrected chi connectivity index (χ4v) is 1.46. The Kier molecular flexibility index (Phi) is 8.88. The smallest absolute Gasteiger partial charge is 0.0547 e. The van der Waals surface area contributed by atoms with Gasteiger partial charge in [0, 0.05) is 0 Å². The van der Waals surface area contributed by atoms with Crippen molar-refractivity contribution in [2.45, 2.75) is 20.3 Å². The first-order valence-electron chi connectivity index (χ1n) is 5.03. The second-order valence-electron chi connectivity index (χ2n) is 2.89. The molecule has 0 heterocycles. The van der Waals surface area contributed by atoms with E-state index < -0.39 is 0 Å². The molecule has 0 aromatic rings. The van der Waals surface area contributed by atoms with Gasteiger partial charge in [0.05, 0.1) is 5.71 Å². The summed E-state index contributed by atoms with van der Waals surface area (Å²) in [6.45, 7) is 4.08. The largest absolute Gasteiger partial charge is 0.301 e. The molecule has 0 radical (unpaired) electrons. The van der Waals surface area contributed by atoms with Crippen LogP contribution in [-0.2, 0) is 0 Å². The fraction of sp³-hybridized carbons (Fsp3) is 0.308. The third kappa shape index (κ3) is 8.01. The van der Waals surface area contributed by atoms with Crippen LogP contribution in [-0.4, -0.2) is 12.0 Å². The van der Waals surface area contributed by atoms with Crippen LogP contribution in [0.4, 0.5) is 0 Å². The maximum atomic E-state index is 7.68. The molecule has 0 fully saturated rings. The Morgan fingerprint density at radius 1 is 1.20 bits per heavy atom. The van der Waals surface area contributed by atoms with Crippen LogP contribution < -0.4 is 0 Å². The highest BCUT2D eigenvalue weighted by Gasteiger charge is 1.91. The predicted molar refractivity (Wildman–Crippen MR) is 72.7 cm³/mol. The van der Waals surface area contributed by atoms with Crippen LogP contribution in [0.3, 0.4) is 0 Å². The van der Waals surface area contributed by atoms with Crippen molar-refractivity contribution >= 4 is 17.5 Å². The van der Waals surface area contributed by atoms with Gasteiger partial charge in [-0.1, -0.05) is 37.3 Å². The van der Waals surface area contributed by atoms with Gasteiger partial charge in [0.1, 0.15) is 0 Å². The molecule has 0 aliphatic heterocycles. The molecule has 0 saturated heterocycles. The van der Waals surface area contributed by atoms with E-state index in [0.717, 1.165) is 6.42 Å². The number of rotatable bonds is 6. The Bertz CT molecular complexity index is 290. The lowest BCUT2D eigenvalue weighted by atomic mass is 10.2. The van der Waals surface area contributed by atoms with Crippen LogP contribution >= 0.6 is 11.8 Å². The predicted octanol–water partition coefficient (Wildman–Crippen LogP) is 4.35. The zero-order chi connectivity index (χ0) is 11.5. The van der Waals surface area contributed by atoms with Crippen molar-refractivity contribution in [1.29, 1.82) is 5.41 Å². The van der Waals surface area contributed by atoms with Crippen molar-refractivity contribution in [2.75, 3.05) is 6.26 Å². The van der Waals surface area contributed by atoms with Crippen LogP contribution in [0.1, 0.15) is 20.3 Å². The number of hydrogen-bond donors (Lipinski definition) is 1. The summed E-state index contributed by atoms with van der Waals surface area (Å²) in [5.41, 5.74) is 0.548. The second kappa shape index (κ2) is 9.53. The Morgan fingerprint density at radius 3 is 2.40 bits per heavy atom. The molecule has 0 saturated carbocycles. The third-order valence-corrected chi connectivity index (χ3v) is 2.66. The monoisotopic (exact) mass is 221 g/mol. The van der Waals surface area contributed by atoms with E-state index in [9.17, 15) is 0 Å². The lowest BCUT2D eigenvalue weighted by Gasteiger charge is -1.97. The van der Waals surface area contributed by atoms with E-state index in [1.54, 1.807) is 17.8 Å². The third-order valence-electron chi connectivity index (χ3n) is 1.73. The number of hydrogen-bond acceptors (Lipinski definition) is 2. The molecule has 0 rings (SSSR count). The van der Waals surface area contributed by atoms with E-state index in [4.69, 9.17) is 5.41 Å². The van der Waals surface area contributed by atoms with E-state index in [2.05, 4.69) is 6.92 Å². The lowest BCUT2D eigenvalue weighted by molar-refractivity contribution is 1.20. The van der Waals surface area contributed by atoms with Crippen LogP contribution in [0.15, 0.2) is 47.4 Å². The zero-order valence-electron chi connectivity index (χ0n) is 9.66. The van der Waals surface area contributed by atoms with Gasteiger partial charge in [-0.2, -0.15) is 0 Å². The quantitative estimate of drug-likeness (QED) is 0.523. The van der Waals surface area contributed by atoms with Gasteiger partial charge in [0.15, 0.2) is 0 Å². The maximum Gasteiger partial charge on any atom is 0.0547 e. The molecule has 0 unspecified atom stereocenters. The van der Waals surface area contributed by atoms with E-state index in [1.807, 2.05) is 49.6 Å². The van der Waals surface area contributed by atoms with Crippen molar-refractivity contribution in [3.8, 4) is 0 Å². The summed E-state index contributed by atoms with van der Waals surface area (Å²) in [7, 11) is 0. The van der Waals surface area contributed by atoms with Crippen molar-refractivity contribution < 1.29 is 0 Å². The minimum absolute atomic E-state index is 0.548. The van der Waals surface area contributed by atoms with Crippen LogP contribution in [0.5, 0.6) is 0 Å². The van der Waals surface area contributed by atoms with Gasteiger partial charge in [0.2, 0.25) is 0 Å². The summed E-state index contributed by atoms with van der Waals surface area (Å²) in [5, 5.41) is 7.68. The average molecular weight is 221 g/mol. The van der Waals surface area contributed by atoms with Gasteiger partial charge in [0.25, 0.3) is 0 Å². The standard InChI is InChI=1S/C13H19NS/c1-4-6-7-8-9-10-12(14)11-13(5-2)15-3/h4,6-11,14H,5H2,1-3H3/b6-4-,8-7-,10-9+,13-11-,14-12?. The molecule has 0 atom stereocenters. The normalized spacial score (nSPS) is 13.4. The van der Waals surface area contributed by atoms with Crippen LogP contribution in [0.2, 0.25) is 0 Å². The number of thioether (sulfide) groups is 1. The Hall–Kier alpha value is -1.02. The number of allylic oxidation sites excluding steroid dienone is 8. The molecule has 0 spiro atoms. The molecule has 0 amide bonds. The molecule has 1 N–H and O–H groups in total. The van der Waals surface area contributed by atoms with Crippen LogP contribution in [0.25, 0.3) is 0 Å². The minimum Gasteiger partial charge on any atom is -0.301 e. The number of nitrogens with one attached hydrogen (secondary N) is 1. The summed E-state index contributed by atoms with van der Waals surface area (Å²) in [4.78, 5) is 1.24. The van der Waals surface area contributed by atoms with Gasteiger partial charge in [-0.15, -0.1) is 11.8 Å². The van der Waals surface area contributed by atoms with Gasteiger partial charge >= 0.3 is 0 Å². The second-order valence-corrected chi connectivity index (χ2v) is 3.83. The van der Waals surface area contributed by atoms with E-state index in [0.29, 0.717) is 5.71 Å². The SMILES string of the molecule is C\C=C/C=C\C=C\C(=N)/C=C(/CC)SC. The van der Waals surface area contributed by atoms with E-state index >= 15 is 0 Å². The molecule has 0 aliphatic carbocycles. The highest BCUT2D eigenvalue weighted by molar-refractivity contribution is 8.02. The Labute approximate surface area is 97.2 Å². The summed E-state index contributed by atoms with van der Waals surface area (Å²) < 4.78 is 0. The average Bonchev–Trinajstić information content (AvgIpc) is 2.25. The topological polar surface area (TPSA) is 23.9 Å². The molecular formula is C13H19NS.